The fourth-order valence-electron chi connectivity index (χ4n) is 4.74. The predicted octanol–water partition coefficient (Wildman–Crippen LogP) is 5.09. The van der Waals surface area contributed by atoms with Crippen molar-refractivity contribution in [3.05, 3.63) is 83.9 Å². The first kappa shape index (κ1) is 27.4. The molecule has 3 aromatic rings. The highest BCUT2D eigenvalue weighted by Gasteiger charge is 2.33. The van der Waals surface area contributed by atoms with E-state index in [0.29, 0.717) is 12.2 Å². The number of para-hydroxylation sites is 2. The average Bonchev–Trinajstić information content (AvgIpc) is 3.05. The second kappa shape index (κ2) is 12.2. The van der Waals surface area contributed by atoms with E-state index in [2.05, 4.69) is 42.8 Å². The van der Waals surface area contributed by atoms with Crippen LogP contribution >= 0.6 is 0 Å². The molecule has 0 spiro atoms. The number of rotatable bonds is 9. The van der Waals surface area contributed by atoms with E-state index in [1.54, 1.807) is 0 Å². The van der Waals surface area contributed by atoms with Gasteiger partial charge in [0.05, 0.1) is 24.9 Å². The van der Waals surface area contributed by atoms with Crippen molar-refractivity contribution in [2.45, 2.75) is 58.2 Å². The molecule has 0 aliphatic carbocycles. The SMILES string of the molecule is CCC(C)(C)N[C@@H]1CCc2ccccc2N(Cc2ccc(-c3ccccc3NC(=O)NCCO)cc2)C1=O. The molecule has 1 heterocycles. The first-order chi connectivity index (χ1) is 18.3. The van der Waals surface area contributed by atoms with Gasteiger partial charge in [0.1, 0.15) is 0 Å². The summed E-state index contributed by atoms with van der Waals surface area (Å²) in [6.45, 7) is 6.97. The number of carbonyl (C=O) groups is 2. The standard InChI is InChI=1S/C31H38N4O3/c1-4-31(2,3)34-27-18-17-24-9-5-8-12-28(24)35(29(27)37)21-22-13-15-23(16-14-22)25-10-6-7-11-26(25)33-30(38)32-19-20-36/h5-16,27,34,36H,4,17-21H2,1-3H3,(H2,32,33,38)/t27-/m1/s1. The molecular formula is C31H38N4O3. The molecule has 1 aliphatic rings. The van der Waals surface area contributed by atoms with Crippen LogP contribution in [0.15, 0.2) is 72.8 Å². The van der Waals surface area contributed by atoms with Gasteiger partial charge in [-0.05, 0) is 61.9 Å². The number of nitrogens with zero attached hydrogens (tertiary/aromatic N) is 1. The normalized spacial score (nSPS) is 15.5. The van der Waals surface area contributed by atoms with Crippen molar-refractivity contribution in [2.24, 2.45) is 0 Å². The van der Waals surface area contributed by atoms with Crippen molar-refractivity contribution in [2.75, 3.05) is 23.4 Å². The van der Waals surface area contributed by atoms with E-state index in [4.69, 9.17) is 5.11 Å². The number of benzene rings is 3. The lowest BCUT2D eigenvalue weighted by molar-refractivity contribution is -0.121. The molecule has 0 fully saturated rings. The molecule has 3 aromatic carbocycles. The summed E-state index contributed by atoms with van der Waals surface area (Å²) >= 11 is 0. The highest BCUT2D eigenvalue weighted by atomic mass is 16.3. The van der Waals surface area contributed by atoms with Gasteiger partial charge in [-0.3, -0.25) is 4.79 Å². The highest BCUT2D eigenvalue weighted by molar-refractivity contribution is 5.98. The van der Waals surface area contributed by atoms with E-state index in [1.807, 2.05) is 71.6 Å². The highest BCUT2D eigenvalue weighted by Crippen LogP contribution is 2.31. The third-order valence-electron chi connectivity index (χ3n) is 7.18. The molecule has 0 radical (unpaired) electrons. The van der Waals surface area contributed by atoms with Crippen molar-refractivity contribution < 1.29 is 14.7 Å². The number of carbonyl (C=O) groups excluding carboxylic acids is 2. The molecule has 0 unspecified atom stereocenters. The number of hydrogen-bond donors (Lipinski definition) is 4. The van der Waals surface area contributed by atoms with Crippen LogP contribution in [0, 0.1) is 0 Å². The van der Waals surface area contributed by atoms with E-state index in [9.17, 15) is 9.59 Å². The van der Waals surface area contributed by atoms with Gasteiger partial charge in [0.2, 0.25) is 5.91 Å². The summed E-state index contributed by atoms with van der Waals surface area (Å²) in [7, 11) is 0. The van der Waals surface area contributed by atoms with Crippen molar-refractivity contribution in [1.82, 2.24) is 10.6 Å². The molecule has 0 bridgehead atoms. The second-order valence-corrected chi connectivity index (χ2v) is 10.4. The Labute approximate surface area is 225 Å². The van der Waals surface area contributed by atoms with Gasteiger partial charge in [-0.25, -0.2) is 4.79 Å². The Kier molecular flexibility index (Phi) is 8.81. The Hall–Kier alpha value is -3.68. The van der Waals surface area contributed by atoms with Crippen LogP contribution in [-0.4, -0.2) is 41.8 Å². The minimum Gasteiger partial charge on any atom is -0.395 e. The van der Waals surface area contributed by atoms with Crippen LogP contribution in [-0.2, 0) is 17.8 Å². The summed E-state index contributed by atoms with van der Waals surface area (Å²) < 4.78 is 0. The third-order valence-corrected chi connectivity index (χ3v) is 7.18. The van der Waals surface area contributed by atoms with Crippen LogP contribution in [0.4, 0.5) is 16.2 Å². The molecule has 38 heavy (non-hydrogen) atoms. The fraction of sp³-hybridized carbons (Fsp3) is 0.355. The number of anilines is 2. The molecule has 4 rings (SSSR count). The molecule has 1 aliphatic heterocycles. The first-order valence-corrected chi connectivity index (χ1v) is 13.3. The lowest BCUT2D eigenvalue weighted by Gasteiger charge is -2.32. The van der Waals surface area contributed by atoms with Crippen LogP contribution in [0.5, 0.6) is 0 Å². The Bertz CT molecular complexity index is 1260. The lowest BCUT2D eigenvalue weighted by Crippen LogP contribution is -2.53. The Balaban J connectivity index is 1.57. The fourth-order valence-corrected chi connectivity index (χ4v) is 4.74. The summed E-state index contributed by atoms with van der Waals surface area (Å²) in [5, 5.41) is 18.0. The number of aryl methyl sites for hydroxylation is 1. The molecular weight excluding hydrogens is 476 g/mol. The smallest absolute Gasteiger partial charge is 0.319 e. The number of aliphatic hydroxyl groups excluding tert-OH is 1. The zero-order valence-corrected chi connectivity index (χ0v) is 22.5. The zero-order chi connectivity index (χ0) is 27.1. The number of urea groups is 1. The van der Waals surface area contributed by atoms with E-state index in [0.717, 1.165) is 41.6 Å². The Morgan fingerprint density at radius 1 is 1.03 bits per heavy atom. The van der Waals surface area contributed by atoms with Crippen molar-refractivity contribution in [1.29, 1.82) is 0 Å². The molecule has 200 valence electrons. The summed E-state index contributed by atoms with van der Waals surface area (Å²) in [5.74, 6) is 0.101. The average molecular weight is 515 g/mol. The minimum absolute atomic E-state index is 0.101. The molecule has 3 amide bonds. The van der Waals surface area contributed by atoms with Gasteiger partial charge in [-0.2, -0.15) is 0 Å². The molecule has 4 N–H and O–H groups in total. The monoisotopic (exact) mass is 514 g/mol. The van der Waals surface area contributed by atoms with Crippen LogP contribution in [0.1, 0.15) is 44.7 Å². The van der Waals surface area contributed by atoms with E-state index >= 15 is 0 Å². The van der Waals surface area contributed by atoms with Gasteiger partial charge in [-0.15, -0.1) is 0 Å². The molecule has 1 atom stereocenters. The summed E-state index contributed by atoms with van der Waals surface area (Å²) in [6, 6.07) is 23.3. The van der Waals surface area contributed by atoms with Crippen LogP contribution in [0.2, 0.25) is 0 Å². The predicted molar refractivity (Wildman–Crippen MR) is 153 cm³/mol. The van der Waals surface area contributed by atoms with E-state index < -0.39 is 0 Å². The molecule has 0 aromatic heterocycles. The Morgan fingerprint density at radius 2 is 1.74 bits per heavy atom. The molecule has 7 heteroatoms. The van der Waals surface area contributed by atoms with Gasteiger partial charge < -0.3 is 26.0 Å². The number of fused-ring (bicyclic) bond motifs is 1. The maximum absolute atomic E-state index is 13.8. The van der Waals surface area contributed by atoms with E-state index in [-0.39, 0.29) is 36.7 Å². The van der Waals surface area contributed by atoms with Gasteiger partial charge in [-0.1, -0.05) is 67.6 Å². The van der Waals surface area contributed by atoms with Crippen LogP contribution in [0.3, 0.4) is 0 Å². The van der Waals surface area contributed by atoms with E-state index in [1.165, 1.54) is 5.56 Å². The zero-order valence-electron chi connectivity index (χ0n) is 22.5. The molecule has 0 saturated heterocycles. The van der Waals surface area contributed by atoms with Gasteiger partial charge >= 0.3 is 6.03 Å². The van der Waals surface area contributed by atoms with Gasteiger partial charge in [0, 0.05) is 23.3 Å². The third kappa shape index (κ3) is 6.60. The number of aliphatic hydroxyl groups is 1. The summed E-state index contributed by atoms with van der Waals surface area (Å²) in [4.78, 5) is 27.9. The summed E-state index contributed by atoms with van der Waals surface area (Å²) in [5.41, 5.74) is 5.59. The number of amides is 3. The van der Waals surface area contributed by atoms with Crippen LogP contribution in [0.25, 0.3) is 11.1 Å². The number of nitrogens with one attached hydrogen (secondary N) is 3. The lowest BCUT2D eigenvalue weighted by atomic mass is 9.98. The topological polar surface area (TPSA) is 93.7 Å². The van der Waals surface area contributed by atoms with Gasteiger partial charge in [0.25, 0.3) is 0 Å². The summed E-state index contributed by atoms with van der Waals surface area (Å²) in [6.07, 6.45) is 2.56. The van der Waals surface area contributed by atoms with Gasteiger partial charge in [0.15, 0.2) is 0 Å². The molecule has 0 saturated carbocycles. The Morgan fingerprint density at radius 3 is 2.47 bits per heavy atom. The van der Waals surface area contributed by atoms with Crippen molar-refractivity contribution in [3.8, 4) is 11.1 Å². The number of hydrogen-bond acceptors (Lipinski definition) is 4. The largest absolute Gasteiger partial charge is 0.395 e. The maximum Gasteiger partial charge on any atom is 0.319 e. The molecule has 7 nitrogen and oxygen atoms in total. The second-order valence-electron chi connectivity index (χ2n) is 10.4. The van der Waals surface area contributed by atoms with Crippen LogP contribution < -0.4 is 20.9 Å². The maximum atomic E-state index is 13.8. The minimum atomic E-state index is -0.365. The first-order valence-electron chi connectivity index (χ1n) is 13.3. The quantitative estimate of drug-likeness (QED) is 0.320. The van der Waals surface area contributed by atoms with Crippen molar-refractivity contribution in [3.63, 3.8) is 0 Å². The van der Waals surface area contributed by atoms with Crippen molar-refractivity contribution >= 4 is 23.3 Å².